The van der Waals surface area contributed by atoms with Gasteiger partial charge in [-0.1, -0.05) is 11.5 Å². The maximum absolute atomic E-state index is 13.5. The van der Waals surface area contributed by atoms with Crippen molar-refractivity contribution in [2.24, 2.45) is 0 Å². The zero-order chi connectivity index (χ0) is 21.2. The number of aromatic amines is 1. The van der Waals surface area contributed by atoms with Crippen molar-refractivity contribution < 1.29 is 17.6 Å². The van der Waals surface area contributed by atoms with Crippen LogP contribution in [0.15, 0.2) is 35.1 Å². The predicted octanol–water partition coefficient (Wildman–Crippen LogP) is 3.88. The maximum Gasteiger partial charge on any atom is 0.418 e. The van der Waals surface area contributed by atoms with Gasteiger partial charge in [-0.15, -0.1) is 5.10 Å². The molecule has 0 amide bonds. The maximum atomic E-state index is 13.5. The SMILES string of the molecule is FC(F)(F)c1cccn2nc(C3c4nc[nH]c4CCN3c3nnc(C4CCC4)o3)cc12. The molecule has 1 N–H and O–H groups in total. The molecule has 2 aliphatic rings. The van der Waals surface area contributed by atoms with Gasteiger partial charge in [0.1, 0.15) is 6.04 Å². The number of imidazole rings is 1. The van der Waals surface area contributed by atoms with Crippen molar-refractivity contribution in [1.29, 1.82) is 0 Å². The van der Waals surface area contributed by atoms with Gasteiger partial charge in [0.15, 0.2) is 0 Å². The summed E-state index contributed by atoms with van der Waals surface area (Å²) in [7, 11) is 0. The number of anilines is 1. The fourth-order valence-corrected chi connectivity index (χ4v) is 4.35. The van der Waals surface area contributed by atoms with Crippen LogP contribution < -0.4 is 4.90 Å². The molecule has 11 heteroatoms. The number of hydrogen-bond donors (Lipinski definition) is 1. The Morgan fingerprint density at radius 2 is 2.06 bits per heavy atom. The Bertz CT molecular complexity index is 1250. The van der Waals surface area contributed by atoms with Crippen LogP contribution in [-0.4, -0.2) is 36.3 Å². The van der Waals surface area contributed by atoms with E-state index < -0.39 is 17.8 Å². The van der Waals surface area contributed by atoms with Crippen LogP contribution in [0.4, 0.5) is 19.2 Å². The fourth-order valence-electron chi connectivity index (χ4n) is 4.35. The molecule has 1 aliphatic heterocycles. The summed E-state index contributed by atoms with van der Waals surface area (Å²) in [5.74, 6) is 0.900. The van der Waals surface area contributed by atoms with Crippen molar-refractivity contribution in [2.45, 2.75) is 43.8 Å². The van der Waals surface area contributed by atoms with Crippen molar-refractivity contribution in [3.05, 3.63) is 59.3 Å². The van der Waals surface area contributed by atoms with E-state index in [0.29, 0.717) is 36.3 Å². The number of nitrogens with zero attached hydrogens (tertiary/aromatic N) is 6. The summed E-state index contributed by atoms with van der Waals surface area (Å²) < 4.78 is 47.8. The van der Waals surface area contributed by atoms with Crippen molar-refractivity contribution in [1.82, 2.24) is 29.8 Å². The van der Waals surface area contributed by atoms with Crippen molar-refractivity contribution in [3.8, 4) is 0 Å². The van der Waals surface area contributed by atoms with Gasteiger partial charge in [-0.05, 0) is 31.0 Å². The van der Waals surface area contributed by atoms with Crippen LogP contribution in [0.5, 0.6) is 0 Å². The lowest BCUT2D eigenvalue weighted by Crippen LogP contribution is -2.37. The number of H-pyrrole nitrogens is 1. The number of nitrogens with one attached hydrogen (secondary N) is 1. The summed E-state index contributed by atoms with van der Waals surface area (Å²) in [6, 6.07) is 3.67. The molecule has 8 nitrogen and oxygen atoms in total. The van der Waals surface area contributed by atoms with E-state index in [2.05, 4.69) is 25.3 Å². The largest absolute Gasteiger partial charge is 0.418 e. The van der Waals surface area contributed by atoms with Crippen LogP contribution >= 0.6 is 0 Å². The highest BCUT2D eigenvalue weighted by Crippen LogP contribution is 2.40. The molecule has 0 bridgehead atoms. The number of aromatic nitrogens is 6. The first-order valence-corrected chi connectivity index (χ1v) is 10.2. The first-order valence-electron chi connectivity index (χ1n) is 10.2. The molecule has 1 unspecified atom stereocenters. The molecule has 4 aromatic rings. The Kier molecular flexibility index (Phi) is 3.90. The third-order valence-corrected chi connectivity index (χ3v) is 6.16. The third kappa shape index (κ3) is 2.90. The normalized spacial score (nSPS) is 19.6. The number of fused-ring (bicyclic) bond motifs is 2. The number of halogens is 3. The van der Waals surface area contributed by atoms with E-state index in [4.69, 9.17) is 4.42 Å². The van der Waals surface area contributed by atoms with Gasteiger partial charge >= 0.3 is 12.2 Å². The molecule has 1 saturated carbocycles. The second-order valence-corrected chi connectivity index (χ2v) is 7.98. The zero-order valence-corrected chi connectivity index (χ0v) is 16.3. The summed E-state index contributed by atoms with van der Waals surface area (Å²) in [6.07, 6.45) is 2.50. The van der Waals surface area contributed by atoms with E-state index in [9.17, 15) is 13.2 Å². The minimum absolute atomic E-state index is 0.00621. The van der Waals surface area contributed by atoms with Gasteiger partial charge < -0.3 is 14.3 Å². The molecule has 31 heavy (non-hydrogen) atoms. The van der Waals surface area contributed by atoms with Gasteiger partial charge in [-0.2, -0.15) is 18.3 Å². The first-order chi connectivity index (χ1) is 15.0. The molecule has 0 saturated heterocycles. The van der Waals surface area contributed by atoms with Crippen LogP contribution in [0.3, 0.4) is 0 Å². The summed E-state index contributed by atoms with van der Waals surface area (Å²) >= 11 is 0. The lowest BCUT2D eigenvalue weighted by atomic mass is 9.85. The minimum atomic E-state index is -4.48. The van der Waals surface area contributed by atoms with Crippen LogP contribution in [0.2, 0.25) is 0 Å². The van der Waals surface area contributed by atoms with Crippen molar-refractivity contribution in [2.75, 3.05) is 11.4 Å². The average molecular weight is 429 g/mol. The monoisotopic (exact) mass is 429 g/mol. The van der Waals surface area contributed by atoms with E-state index in [1.54, 1.807) is 6.33 Å². The number of pyridine rings is 1. The summed E-state index contributed by atoms with van der Waals surface area (Å²) in [4.78, 5) is 9.45. The Labute approximate surface area is 174 Å². The quantitative estimate of drug-likeness (QED) is 0.532. The van der Waals surface area contributed by atoms with E-state index >= 15 is 0 Å². The Hall–Kier alpha value is -3.37. The van der Waals surface area contributed by atoms with E-state index in [0.717, 1.165) is 31.0 Å². The fraction of sp³-hybridized carbons (Fsp3) is 0.400. The summed E-state index contributed by atoms with van der Waals surface area (Å²) in [6.45, 7) is 0.548. The molecule has 5 heterocycles. The molecule has 6 rings (SSSR count). The molecule has 0 radical (unpaired) electrons. The van der Waals surface area contributed by atoms with E-state index in [1.165, 1.54) is 22.8 Å². The number of hydrogen-bond acceptors (Lipinski definition) is 6. The summed E-state index contributed by atoms with van der Waals surface area (Å²) in [5.41, 5.74) is 1.32. The van der Waals surface area contributed by atoms with E-state index in [-0.39, 0.29) is 11.4 Å². The van der Waals surface area contributed by atoms with E-state index in [1.807, 2.05) is 4.90 Å². The lowest BCUT2D eigenvalue weighted by Gasteiger charge is -2.32. The molecule has 1 atom stereocenters. The Balaban J connectivity index is 1.46. The van der Waals surface area contributed by atoms with Crippen LogP contribution in [-0.2, 0) is 12.6 Å². The van der Waals surface area contributed by atoms with Gasteiger partial charge in [0, 0.05) is 30.8 Å². The van der Waals surface area contributed by atoms with Crippen molar-refractivity contribution >= 4 is 11.5 Å². The second kappa shape index (κ2) is 6.56. The second-order valence-electron chi connectivity index (χ2n) is 7.98. The molecule has 160 valence electrons. The highest BCUT2D eigenvalue weighted by Gasteiger charge is 2.38. The van der Waals surface area contributed by atoms with Crippen LogP contribution in [0, 0.1) is 0 Å². The van der Waals surface area contributed by atoms with Crippen LogP contribution in [0.25, 0.3) is 5.52 Å². The topological polar surface area (TPSA) is 88.1 Å². The third-order valence-electron chi connectivity index (χ3n) is 6.16. The molecule has 1 aliphatic carbocycles. The molecular weight excluding hydrogens is 411 g/mol. The number of rotatable bonds is 3. The van der Waals surface area contributed by atoms with Gasteiger partial charge in [0.25, 0.3) is 0 Å². The first kappa shape index (κ1) is 18.4. The highest BCUT2D eigenvalue weighted by molar-refractivity contribution is 5.58. The van der Waals surface area contributed by atoms with Gasteiger partial charge in [-0.3, -0.25) is 0 Å². The van der Waals surface area contributed by atoms with Gasteiger partial charge in [-0.25, -0.2) is 9.50 Å². The molecular formula is C20H18F3N7O. The highest BCUT2D eigenvalue weighted by atomic mass is 19.4. The van der Waals surface area contributed by atoms with Crippen LogP contribution in [0.1, 0.15) is 59.8 Å². The Morgan fingerprint density at radius 1 is 1.19 bits per heavy atom. The number of alkyl halides is 3. The molecule has 4 aromatic heterocycles. The predicted molar refractivity (Wildman–Crippen MR) is 103 cm³/mol. The molecule has 1 fully saturated rings. The van der Waals surface area contributed by atoms with Gasteiger partial charge in [0.05, 0.1) is 28.8 Å². The smallest absolute Gasteiger partial charge is 0.408 e. The average Bonchev–Trinajstić information content (AvgIpc) is 3.43. The zero-order valence-electron chi connectivity index (χ0n) is 16.3. The molecule has 0 aromatic carbocycles. The summed E-state index contributed by atoms with van der Waals surface area (Å²) in [5, 5.41) is 12.9. The van der Waals surface area contributed by atoms with Gasteiger partial charge in [0.2, 0.25) is 5.89 Å². The van der Waals surface area contributed by atoms with Crippen molar-refractivity contribution in [3.63, 3.8) is 0 Å². The lowest BCUT2D eigenvalue weighted by molar-refractivity contribution is -0.136. The molecule has 0 spiro atoms. The minimum Gasteiger partial charge on any atom is -0.408 e. The standard InChI is InChI=1S/C20H18F3N7O/c21-20(22,23)12-5-2-7-30-15(12)9-14(28-30)17-16-13(24-10-25-16)6-8-29(17)19-27-26-18(31-19)11-3-1-4-11/h2,5,7,9-11,17H,1,3-4,6,8H2,(H,24,25). The Morgan fingerprint density at radius 3 is 2.84 bits per heavy atom.